The molecule has 1 aromatic rings. The predicted octanol–water partition coefficient (Wildman–Crippen LogP) is 1.62. The molecule has 0 aliphatic heterocycles. The summed E-state index contributed by atoms with van der Waals surface area (Å²) in [7, 11) is 0. The lowest BCUT2D eigenvalue weighted by molar-refractivity contribution is -0.147. The largest absolute Gasteiger partial charge is 0.480 e. The highest BCUT2D eigenvalue weighted by atomic mass is 16.5. The van der Waals surface area contributed by atoms with Crippen LogP contribution in [0.15, 0.2) is 4.52 Å². The molecule has 1 heterocycles. The summed E-state index contributed by atoms with van der Waals surface area (Å²) in [5.41, 5.74) is -0.467. The minimum Gasteiger partial charge on any atom is -0.480 e. The highest BCUT2D eigenvalue weighted by Gasteiger charge is 2.38. The number of carbonyl (C=O) groups is 2. The van der Waals surface area contributed by atoms with Crippen LogP contribution in [0.4, 0.5) is 0 Å². The zero-order valence-corrected chi connectivity index (χ0v) is 11.3. The molecule has 1 rings (SSSR count). The van der Waals surface area contributed by atoms with Crippen molar-refractivity contribution in [2.24, 2.45) is 0 Å². The van der Waals surface area contributed by atoms with Gasteiger partial charge in [-0.25, -0.2) is 4.79 Å². The summed E-state index contributed by atoms with van der Waals surface area (Å²) in [6, 6.07) is 0. The van der Waals surface area contributed by atoms with Gasteiger partial charge in [0.05, 0.1) is 5.69 Å². The molecule has 0 aliphatic carbocycles. The number of aromatic nitrogens is 1. The van der Waals surface area contributed by atoms with E-state index in [1.165, 1.54) is 18.7 Å². The number of carboxylic acids is 1. The molecule has 0 aromatic carbocycles. The van der Waals surface area contributed by atoms with E-state index in [4.69, 9.17) is 4.52 Å². The van der Waals surface area contributed by atoms with Gasteiger partial charge >= 0.3 is 5.97 Å². The molecule has 6 heteroatoms. The van der Waals surface area contributed by atoms with Crippen LogP contribution in [0, 0.1) is 13.8 Å². The first kappa shape index (κ1) is 14.2. The van der Waals surface area contributed by atoms with Crippen LogP contribution in [-0.2, 0) is 4.79 Å². The third-order valence-corrected chi connectivity index (χ3v) is 3.01. The molecule has 0 spiro atoms. The summed E-state index contributed by atoms with van der Waals surface area (Å²) < 4.78 is 4.94. The van der Waals surface area contributed by atoms with Crippen LogP contribution in [-0.4, -0.2) is 39.1 Å². The average Bonchev–Trinajstić information content (AvgIpc) is 2.58. The highest BCUT2D eigenvalue weighted by Crippen LogP contribution is 2.21. The van der Waals surface area contributed by atoms with E-state index in [0.29, 0.717) is 23.6 Å². The molecule has 1 N–H and O–H groups in total. The SMILES string of the molecule is CCN(C(=O)c1c(C)noc1C)C(C)(C)C(=O)O. The Kier molecular flexibility index (Phi) is 3.79. The normalized spacial score (nSPS) is 11.4. The van der Waals surface area contributed by atoms with Gasteiger partial charge in [-0.3, -0.25) is 4.79 Å². The van der Waals surface area contributed by atoms with Gasteiger partial charge in [0.1, 0.15) is 16.9 Å². The number of amides is 1. The maximum Gasteiger partial charge on any atom is 0.329 e. The molecular formula is C12H18N2O4. The number of carboxylic acid groups (broad SMARTS) is 1. The lowest BCUT2D eigenvalue weighted by Crippen LogP contribution is -2.53. The minimum absolute atomic E-state index is 0.294. The van der Waals surface area contributed by atoms with Crippen LogP contribution in [0.25, 0.3) is 0 Å². The van der Waals surface area contributed by atoms with Gasteiger partial charge in [0.2, 0.25) is 0 Å². The zero-order chi connectivity index (χ0) is 14.1. The molecule has 0 saturated heterocycles. The number of hydrogen-bond acceptors (Lipinski definition) is 4. The van der Waals surface area contributed by atoms with Crippen molar-refractivity contribution in [3.63, 3.8) is 0 Å². The standard InChI is InChI=1S/C12H18N2O4/c1-6-14(12(4,5)11(16)17)10(15)9-7(2)13-18-8(9)3/h6H2,1-5H3,(H,16,17). The Hall–Kier alpha value is -1.85. The number of aliphatic carboxylic acids is 1. The van der Waals surface area contributed by atoms with Crippen molar-refractivity contribution in [2.75, 3.05) is 6.54 Å². The van der Waals surface area contributed by atoms with E-state index in [-0.39, 0.29) is 5.91 Å². The zero-order valence-electron chi connectivity index (χ0n) is 11.3. The smallest absolute Gasteiger partial charge is 0.329 e. The van der Waals surface area contributed by atoms with Crippen LogP contribution in [0.3, 0.4) is 0 Å². The van der Waals surface area contributed by atoms with Gasteiger partial charge in [-0.05, 0) is 34.6 Å². The van der Waals surface area contributed by atoms with Gasteiger partial charge in [-0.2, -0.15) is 0 Å². The van der Waals surface area contributed by atoms with Crippen molar-refractivity contribution in [3.05, 3.63) is 17.0 Å². The van der Waals surface area contributed by atoms with Crippen molar-refractivity contribution in [1.29, 1.82) is 0 Å². The van der Waals surface area contributed by atoms with Crippen LogP contribution in [0.1, 0.15) is 42.6 Å². The molecule has 0 atom stereocenters. The third kappa shape index (κ3) is 2.23. The van der Waals surface area contributed by atoms with Crippen LogP contribution >= 0.6 is 0 Å². The number of likely N-dealkylation sites (N-methyl/N-ethyl adjacent to an activating group) is 1. The van der Waals surface area contributed by atoms with E-state index in [1.54, 1.807) is 20.8 Å². The van der Waals surface area contributed by atoms with Crippen molar-refractivity contribution in [3.8, 4) is 0 Å². The number of carbonyl (C=O) groups excluding carboxylic acids is 1. The predicted molar refractivity (Wildman–Crippen MR) is 64.4 cm³/mol. The first-order valence-electron chi connectivity index (χ1n) is 5.71. The summed E-state index contributed by atoms with van der Waals surface area (Å²) in [6.45, 7) is 8.31. The average molecular weight is 254 g/mol. The van der Waals surface area contributed by atoms with Crippen molar-refractivity contribution >= 4 is 11.9 Å². The molecule has 0 aliphatic rings. The molecule has 0 bridgehead atoms. The summed E-state index contributed by atoms with van der Waals surface area (Å²) >= 11 is 0. The second kappa shape index (κ2) is 4.80. The van der Waals surface area contributed by atoms with Gasteiger partial charge in [-0.1, -0.05) is 5.16 Å². The van der Waals surface area contributed by atoms with E-state index < -0.39 is 11.5 Å². The highest BCUT2D eigenvalue weighted by molar-refractivity contribution is 5.99. The Morgan fingerprint density at radius 1 is 1.39 bits per heavy atom. The molecule has 0 fully saturated rings. The van der Waals surface area contributed by atoms with Crippen LogP contribution in [0.2, 0.25) is 0 Å². The van der Waals surface area contributed by atoms with E-state index in [1.807, 2.05) is 0 Å². The van der Waals surface area contributed by atoms with Gasteiger partial charge in [0, 0.05) is 6.54 Å². The maximum absolute atomic E-state index is 12.4. The van der Waals surface area contributed by atoms with Crippen LogP contribution in [0.5, 0.6) is 0 Å². The number of rotatable bonds is 4. The van der Waals surface area contributed by atoms with Gasteiger partial charge < -0.3 is 14.5 Å². The summed E-state index contributed by atoms with van der Waals surface area (Å²) in [5.74, 6) is -1.03. The number of hydrogen-bond donors (Lipinski definition) is 1. The second-order valence-corrected chi connectivity index (χ2v) is 4.61. The molecule has 0 unspecified atom stereocenters. The quantitative estimate of drug-likeness (QED) is 0.882. The molecule has 18 heavy (non-hydrogen) atoms. The molecule has 0 saturated carbocycles. The maximum atomic E-state index is 12.4. The van der Waals surface area contributed by atoms with Crippen molar-refractivity contribution < 1.29 is 19.2 Å². The van der Waals surface area contributed by atoms with Gasteiger partial charge in [0.25, 0.3) is 5.91 Å². The summed E-state index contributed by atoms with van der Waals surface area (Å²) in [5, 5.41) is 12.9. The molecule has 1 amide bonds. The van der Waals surface area contributed by atoms with E-state index >= 15 is 0 Å². The molecule has 1 aromatic heterocycles. The summed E-state index contributed by atoms with van der Waals surface area (Å²) in [6.07, 6.45) is 0. The molecule has 6 nitrogen and oxygen atoms in total. The minimum atomic E-state index is -1.28. The molecular weight excluding hydrogens is 236 g/mol. The summed E-state index contributed by atoms with van der Waals surface area (Å²) in [4.78, 5) is 24.9. The number of nitrogens with zero attached hydrogens (tertiary/aromatic N) is 2. The topological polar surface area (TPSA) is 83.6 Å². The first-order valence-corrected chi connectivity index (χ1v) is 5.71. The Morgan fingerprint density at radius 2 is 1.94 bits per heavy atom. The molecule has 0 radical (unpaired) electrons. The second-order valence-electron chi connectivity index (χ2n) is 4.61. The molecule has 100 valence electrons. The Balaban J connectivity index is 3.19. The Morgan fingerprint density at radius 3 is 2.28 bits per heavy atom. The van der Waals surface area contributed by atoms with Gasteiger partial charge in [0.15, 0.2) is 0 Å². The Bertz CT molecular complexity index is 457. The fourth-order valence-electron chi connectivity index (χ4n) is 1.83. The fraction of sp³-hybridized carbons (Fsp3) is 0.583. The van der Waals surface area contributed by atoms with E-state index in [9.17, 15) is 14.7 Å². The van der Waals surface area contributed by atoms with Crippen LogP contribution < -0.4 is 0 Å². The fourth-order valence-corrected chi connectivity index (χ4v) is 1.83. The monoisotopic (exact) mass is 254 g/mol. The first-order chi connectivity index (χ1) is 8.23. The lowest BCUT2D eigenvalue weighted by Gasteiger charge is -2.34. The van der Waals surface area contributed by atoms with Crippen molar-refractivity contribution in [2.45, 2.75) is 40.2 Å². The third-order valence-electron chi connectivity index (χ3n) is 3.01. The van der Waals surface area contributed by atoms with Gasteiger partial charge in [-0.15, -0.1) is 0 Å². The van der Waals surface area contributed by atoms with E-state index in [0.717, 1.165) is 0 Å². The number of aryl methyl sites for hydroxylation is 2. The van der Waals surface area contributed by atoms with Crippen molar-refractivity contribution in [1.82, 2.24) is 10.1 Å². The van der Waals surface area contributed by atoms with E-state index in [2.05, 4.69) is 5.16 Å². The Labute approximate surface area is 106 Å². The lowest BCUT2D eigenvalue weighted by atomic mass is 10.0.